The Hall–Kier alpha value is -1.40. The van der Waals surface area contributed by atoms with E-state index >= 15 is 0 Å². The molecule has 5 nitrogen and oxygen atoms in total. The topological polar surface area (TPSA) is 75.3 Å². The normalized spacial score (nSPS) is 15.8. The zero-order valence-electron chi connectivity index (χ0n) is 12.8. The summed E-state index contributed by atoms with van der Waals surface area (Å²) in [4.78, 5) is 11.7. The highest BCUT2D eigenvalue weighted by atomic mass is 32.2. The van der Waals surface area contributed by atoms with E-state index in [1.54, 1.807) is 0 Å². The highest BCUT2D eigenvalue weighted by molar-refractivity contribution is 7.89. The minimum Gasteiger partial charge on any atom is -0.355 e. The molecule has 1 fully saturated rings. The zero-order chi connectivity index (χ0) is 15.8. The van der Waals surface area contributed by atoms with Gasteiger partial charge < -0.3 is 5.32 Å². The Kier molecular flexibility index (Phi) is 6.39. The van der Waals surface area contributed by atoms with Gasteiger partial charge in [-0.15, -0.1) is 0 Å². The maximum atomic E-state index is 11.9. The standard InChI is InChI=1S/C16H24N2O3S/c19-16(11-10-14-6-2-1-3-7-14)17-12-13-22(20,21)18-15-8-4-5-9-15/h1-3,6-7,15,18H,4-5,8-13H2,(H,17,19). The summed E-state index contributed by atoms with van der Waals surface area (Å²) in [7, 11) is -3.29. The first-order valence-corrected chi connectivity index (χ1v) is 9.51. The van der Waals surface area contributed by atoms with Crippen LogP contribution in [0.1, 0.15) is 37.7 Å². The van der Waals surface area contributed by atoms with E-state index in [1.165, 1.54) is 0 Å². The van der Waals surface area contributed by atoms with Gasteiger partial charge in [0, 0.05) is 19.0 Å². The van der Waals surface area contributed by atoms with Gasteiger partial charge in [-0.1, -0.05) is 43.2 Å². The van der Waals surface area contributed by atoms with Gasteiger partial charge >= 0.3 is 0 Å². The first kappa shape index (κ1) is 17.0. The lowest BCUT2D eigenvalue weighted by Crippen LogP contribution is -2.38. The summed E-state index contributed by atoms with van der Waals surface area (Å²) in [5.41, 5.74) is 1.10. The fraction of sp³-hybridized carbons (Fsp3) is 0.562. The second-order valence-electron chi connectivity index (χ2n) is 5.75. The van der Waals surface area contributed by atoms with Gasteiger partial charge in [0.25, 0.3) is 0 Å². The van der Waals surface area contributed by atoms with Crippen LogP contribution in [0.4, 0.5) is 0 Å². The Morgan fingerprint density at radius 1 is 1.14 bits per heavy atom. The van der Waals surface area contributed by atoms with E-state index < -0.39 is 10.0 Å². The fourth-order valence-electron chi connectivity index (χ4n) is 2.67. The molecule has 1 amide bonds. The van der Waals surface area contributed by atoms with Crippen molar-refractivity contribution >= 4 is 15.9 Å². The molecule has 1 aliphatic rings. The van der Waals surface area contributed by atoms with Gasteiger partial charge in [0.2, 0.25) is 15.9 Å². The molecule has 2 N–H and O–H groups in total. The monoisotopic (exact) mass is 324 g/mol. The molecular formula is C16H24N2O3S. The van der Waals surface area contributed by atoms with Crippen molar-refractivity contribution in [1.29, 1.82) is 0 Å². The smallest absolute Gasteiger partial charge is 0.220 e. The van der Waals surface area contributed by atoms with Crippen LogP contribution in [0.25, 0.3) is 0 Å². The maximum absolute atomic E-state index is 11.9. The van der Waals surface area contributed by atoms with Crippen molar-refractivity contribution in [1.82, 2.24) is 10.0 Å². The molecule has 0 heterocycles. The van der Waals surface area contributed by atoms with E-state index in [0.717, 1.165) is 31.2 Å². The van der Waals surface area contributed by atoms with Crippen LogP contribution in [-0.2, 0) is 21.2 Å². The van der Waals surface area contributed by atoms with Crippen LogP contribution in [0.3, 0.4) is 0 Å². The molecular weight excluding hydrogens is 300 g/mol. The van der Waals surface area contributed by atoms with Gasteiger partial charge in [-0.2, -0.15) is 0 Å². The molecule has 0 saturated heterocycles. The molecule has 1 aliphatic carbocycles. The molecule has 0 unspecified atom stereocenters. The highest BCUT2D eigenvalue weighted by Gasteiger charge is 2.21. The Morgan fingerprint density at radius 2 is 1.82 bits per heavy atom. The van der Waals surface area contributed by atoms with E-state index in [-0.39, 0.29) is 24.2 Å². The van der Waals surface area contributed by atoms with Gasteiger partial charge in [0.05, 0.1) is 5.75 Å². The summed E-state index contributed by atoms with van der Waals surface area (Å²) >= 11 is 0. The number of hydrogen-bond donors (Lipinski definition) is 2. The lowest BCUT2D eigenvalue weighted by atomic mass is 10.1. The maximum Gasteiger partial charge on any atom is 0.220 e. The number of sulfonamides is 1. The lowest BCUT2D eigenvalue weighted by molar-refractivity contribution is -0.120. The van der Waals surface area contributed by atoms with Crippen molar-refractivity contribution < 1.29 is 13.2 Å². The van der Waals surface area contributed by atoms with Gasteiger partial charge in [-0.3, -0.25) is 4.79 Å². The van der Waals surface area contributed by atoms with Gasteiger partial charge in [-0.05, 0) is 24.8 Å². The Balaban J connectivity index is 1.63. The largest absolute Gasteiger partial charge is 0.355 e. The second-order valence-corrected chi connectivity index (χ2v) is 7.63. The first-order valence-electron chi connectivity index (χ1n) is 7.86. The summed E-state index contributed by atoms with van der Waals surface area (Å²) < 4.78 is 26.5. The molecule has 0 radical (unpaired) electrons. The Labute approximate surface area is 132 Å². The van der Waals surface area contributed by atoms with Crippen molar-refractivity contribution in [2.24, 2.45) is 0 Å². The molecule has 0 atom stereocenters. The van der Waals surface area contributed by atoms with Crippen molar-refractivity contribution in [2.45, 2.75) is 44.6 Å². The van der Waals surface area contributed by atoms with Crippen molar-refractivity contribution in [3.8, 4) is 0 Å². The number of rotatable bonds is 8. The van der Waals surface area contributed by atoms with Gasteiger partial charge in [-0.25, -0.2) is 13.1 Å². The number of benzene rings is 1. The van der Waals surface area contributed by atoms with Gasteiger partial charge in [0.15, 0.2) is 0 Å². The minimum atomic E-state index is -3.29. The average Bonchev–Trinajstić information content (AvgIpc) is 2.98. The van der Waals surface area contributed by atoms with Crippen molar-refractivity contribution in [2.75, 3.05) is 12.3 Å². The predicted octanol–water partition coefficient (Wildman–Crippen LogP) is 1.60. The van der Waals surface area contributed by atoms with Crippen molar-refractivity contribution in [3.63, 3.8) is 0 Å². The van der Waals surface area contributed by atoms with E-state index in [9.17, 15) is 13.2 Å². The summed E-state index contributed by atoms with van der Waals surface area (Å²) in [6, 6.07) is 9.85. The van der Waals surface area contributed by atoms with Crippen LogP contribution in [0.5, 0.6) is 0 Å². The summed E-state index contributed by atoms with van der Waals surface area (Å²) in [5, 5.41) is 2.68. The molecule has 2 rings (SSSR count). The lowest BCUT2D eigenvalue weighted by Gasteiger charge is -2.12. The third-order valence-electron chi connectivity index (χ3n) is 3.88. The molecule has 0 aliphatic heterocycles. The first-order chi connectivity index (χ1) is 10.6. The van der Waals surface area contributed by atoms with Crippen LogP contribution in [0.15, 0.2) is 30.3 Å². The number of nitrogens with one attached hydrogen (secondary N) is 2. The second kappa shape index (κ2) is 8.29. The predicted molar refractivity (Wildman–Crippen MR) is 87.0 cm³/mol. The average molecular weight is 324 g/mol. The fourth-order valence-corrected chi connectivity index (χ4v) is 3.90. The molecule has 6 heteroatoms. The highest BCUT2D eigenvalue weighted by Crippen LogP contribution is 2.18. The zero-order valence-corrected chi connectivity index (χ0v) is 13.6. The van der Waals surface area contributed by atoms with E-state index in [2.05, 4.69) is 10.0 Å². The van der Waals surface area contributed by atoms with Crippen LogP contribution < -0.4 is 10.0 Å². The van der Waals surface area contributed by atoms with Crippen LogP contribution >= 0.6 is 0 Å². The molecule has 22 heavy (non-hydrogen) atoms. The van der Waals surface area contributed by atoms with Crippen LogP contribution in [-0.4, -0.2) is 32.7 Å². The number of carbonyl (C=O) groups excluding carboxylic acids is 1. The summed E-state index contributed by atoms with van der Waals surface area (Å²) in [6.07, 6.45) is 5.05. The third-order valence-corrected chi connectivity index (χ3v) is 5.31. The summed E-state index contributed by atoms with van der Waals surface area (Å²) in [5.74, 6) is -0.166. The number of amides is 1. The molecule has 122 valence electrons. The molecule has 1 aromatic carbocycles. The van der Waals surface area contributed by atoms with Crippen molar-refractivity contribution in [3.05, 3.63) is 35.9 Å². The Morgan fingerprint density at radius 3 is 2.50 bits per heavy atom. The van der Waals surface area contributed by atoms with E-state index in [4.69, 9.17) is 0 Å². The molecule has 0 aromatic heterocycles. The van der Waals surface area contributed by atoms with Crippen LogP contribution in [0, 0.1) is 0 Å². The summed E-state index contributed by atoms with van der Waals surface area (Å²) in [6.45, 7) is 0.162. The third kappa shape index (κ3) is 6.15. The SMILES string of the molecule is O=C(CCc1ccccc1)NCCS(=O)(=O)NC1CCCC1. The number of aryl methyl sites for hydroxylation is 1. The Bertz CT molecular complexity index is 566. The molecule has 0 spiro atoms. The quantitative estimate of drug-likeness (QED) is 0.762. The van der Waals surface area contributed by atoms with Gasteiger partial charge in [0.1, 0.15) is 0 Å². The van der Waals surface area contributed by atoms with Crippen LogP contribution in [0.2, 0.25) is 0 Å². The number of hydrogen-bond acceptors (Lipinski definition) is 3. The molecule has 1 aromatic rings. The molecule has 1 saturated carbocycles. The van der Waals surface area contributed by atoms with E-state index in [0.29, 0.717) is 12.8 Å². The minimum absolute atomic E-state index is 0.0550. The number of carbonyl (C=O) groups is 1. The van der Waals surface area contributed by atoms with E-state index in [1.807, 2.05) is 30.3 Å². The molecule has 0 bridgehead atoms.